The molecule has 1 atom stereocenters. The van der Waals surface area contributed by atoms with E-state index in [1.165, 1.54) is 5.69 Å². The normalized spacial score (nSPS) is 18.0. The molecular weight excluding hydrogens is 404 g/mol. The Labute approximate surface area is 179 Å². The first-order valence-electron chi connectivity index (χ1n) is 10.3. The summed E-state index contributed by atoms with van der Waals surface area (Å²) in [6, 6.07) is 8.46. The van der Waals surface area contributed by atoms with Crippen molar-refractivity contribution in [1.29, 1.82) is 0 Å². The molecule has 0 bridgehead atoms. The van der Waals surface area contributed by atoms with Gasteiger partial charge in [-0.2, -0.15) is 0 Å². The highest BCUT2D eigenvalue weighted by Crippen LogP contribution is 2.24. The van der Waals surface area contributed by atoms with E-state index in [0.29, 0.717) is 25.7 Å². The SMILES string of the molecule is CCS(=O)(=O)c1ncc(CN2CCN(c3ccc(OC)cc3)C[C@@H]2C)n1CCOC. The van der Waals surface area contributed by atoms with Crippen molar-refractivity contribution in [3.8, 4) is 5.75 Å². The minimum atomic E-state index is -3.38. The van der Waals surface area contributed by atoms with E-state index in [4.69, 9.17) is 9.47 Å². The highest BCUT2D eigenvalue weighted by atomic mass is 32.2. The number of nitrogens with zero attached hydrogens (tertiary/aromatic N) is 4. The number of hydrogen-bond acceptors (Lipinski definition) is 7. The second kappa shape index (κ2) is 9.80. The van der Waals surface area contributed by atoms with Crippen molar-refractivity contribution in [2.24, 2.45) is 0 Å². The van der Waals surface area contributed by atoms with Crippen LogP contribution in [0.1, 0.15) is 19.5 Å². The van der Waals surface area contributed by atoms with Crippen molar-refractivity contribution < 1.29 is 17.9 Å². The molecule has 0 spiro atoms. The molecule has 9 heteroatoms. The van der Waals surface area contributed by atoms with Gasteiger partial charge in [0.1, 0.15) is 5.75 Å². The third kappa shape index (κ3) is 4.96. The Morgan fingerprint density at radius 3 is 2.50 bits per heavy atom. The molecule has 3 rings (SSSR count). The van der Waals surface area contributed by atoms with Crippen LogP contribution in [0.25, 0.3) is 0 Å². The van der Waals surface area contributed by atoms with Crippen molar-refractivity contribution in [2.75, 3.05) is 51.1 Å². The van der Waals surface area contributed by atoms with E-state index in [9.17, 15) is 8.42 Å². The highest BCUT2D eigenvalue weighted by molar-refractivity contribution is 7.91. The Balaban J connectivity index is 1.72. The molecule has 1 aromatic heterocycles. The van der Waals surface area contributed by atoms with Crippen LogP contribution >= 0.6 is 0 Å². The van der Waals surface area contributed by atoms with Gasteiger partial charge < -0.3 is 18.9 Å². The Kier molecular flexibility index (Phi) is 7.38. The van der Waals surface area contributed by atoms with Gasteiger partial charge in [0.25, 0.3) is 0 Å². The molecule has 0 aliphatic carbocycles. The zero-order chi connectivity index (χ0) is 21.7. The molecule has 1 aromatic carbocycles. The zero-order valence-electron chi connectivity index (χ0n) is 18.2. The van der Waals surface area contributed by atoms with Crippen LogP contribution in [0.2, 0.25) is 0 Å². The molecule has 2 aromatic rings. The lowest BCUT2D eigenvalue weighted by molar-refractivity contribution is 0.166. The summed E-state index contributed by atoms with van der Waals surface area (Å²) in [6.07, 6.45) is 1.70. The molecule has 2 heterocycles. The third-order valence-electron chi connectivity index (χ3n) is 5.65. The van der Waals surface area contributed by atoms with Crippen molar-refractivity contribution in [2.45, 2.75) is 38.1 Å². The fraction of sp³-hybridized carbons (Fsp3) is 0.571. The number of sulfone groups is 1. The number of hydrogen-bond donors (Lipinski definition) is 0. The van der Waals surface area contributed by atoms with E-state index < -0.39 is 9.84 Å². The van der Waals surface area contributed by atoms with Gasteiger partial charge in [0.15, 0.2) is 0 Å². The van der Waals surface area contributed by atoms with Crippen molar-refractivity contribution in [1.82, 2.24) is 14.5 Å². The summed E-state index contributed by atoms with van der Waals surface area (Å²) in [5.74, 6) is 0.889. The molecule has 0 saturated carbocycles. The Hall–Kier alpha value is -2.10. The molecule has 0 unspecified atom stereocenters. The van der Waals surface area contributed by atoms with E-state index in [2.05, 4.69) is 33.8 Å². The van der Waals surface area contributed by atoms with Crippen molar-refractivity contribution in [3.05, 3.63) is 36.2 Å². The second-order valence-electron chi connectivity index (χ2n) is 7.54. The van der Waals surface area contributed by atoms with E-state index in [1.54, 1.807) is 31.9 Å². The Morgan fingerprint density at radius 2 is 1.90 bits per heavy atom. The maximum Gasteiger partial charge on any atom is 0.227 e. The summed E-state index contributed by atoms with van der Waals surface area (Å²) in [6.45, 7) is 8.12. The van der Waals surface area contributed by atoms with Gasteiger partial charge in [-0.05, 0) is 31.2 Å². The maximum absolute atomic E-state index is 12.4. The quantitative estimate of drug-likeness (QED) is 0.595. The molecule has 0 N–H and O–H groups in total. The lowest BCUT2D eigenvalue weighted by Crippen LogP contribution is -2.51. The minimum absolute atomic E-state index is 0.0351. The van der Waals surface area contributed by atoms with E-state index in [-0.39, 0.29) is 10.9 Å². The van der Waals surface area contributed by atoms with Crippen LogP contribution in [0.15, 0.2) is 35.6 Å². The molecule has 30 heavy (non-hydrogen) atoms. The maximum atomic E-state index is 12.4. The summed E-state index contributed by atoms with van der Waals surface area (Å²) in [5.41, 5.74) is 2.09. The number of imidazole rings is 1. The van der Waals surface area contributed by atoms with E-state index in [1.807, 2.05) is 12.1 Å². The summed E-state index contributed by atoms with van der Waals surface area (Å²) in [7, 11) is -0.0969. The number of benzene rings is 1. The van der Waals surface area contributed by atoms with E-state index in [0.717, 1.165) is 31.1 Å². The summed E-state index contributed by atoms with van der Waals surface area (Å²) in [4.78, 5) is 9.00. The monoisotopic (exact) mass is 436 g/mol. The second-order valence-corrected chi connectivity index (χ2v) is 9.72. The molecule has 166 valence electrons. The van der Waals surface area contributed by atoms with Gasteiger partial charge in [-0.15, -0.1) is 0 Å². The van der Waals surface area contributed by atoms with Gasteiger partial charge in [-0.25, -0.2) is 13.4 Å². The first-order chi connectivity index (χ1) is 14.4. The van der Waals surface area contributed by atoms with Crippen LogP contribution < -0.4 is 9.64 Å². The summed E-state index contributed by atoms with van der Waals surface area (Å²) >= 11 is 0. The lowest BCUT2D eigenvalue weighted by Gasteiger charge is -2.41. The predicted octanol–water partition coefficient (Wildman–Crippen LogP) is 2.04. The molecular formula is C21H32N4O4S. The van der Waals surface area contributed by atoms with Crippen LogP contribution in [0, 0.1) is 0 Å². The average molecular weight is 437 g/mol. The fourth-order valence-electron chi connectivity index (χ4n) is 3.78. The first-order valence-corrected chi connectivity index (χ1v) is 11.9. The number of rotatable bonds is 9. The van der Waals surface area contributed by atoms with Gasteiger partial charge in [0.05, 0.1) is 31.4 Å². The molecule has 1 saturated heterocycles. The molecule has 1 aliphatic heterocycles. The topological polar surface area (TPSA) is 76.9 Å². The smallest absolute Gasteiger partial charge is 0.227 e. The molecule has 1 aliphatic rings. The molecule has 8 nitrogen and oxygen atoms in total. The number of anilines is 1. The number of ether oxygens (including phenoxy) is 2. The van der Waals surface area contributed by atoms with Crippen LogP contribution in [0.4, 0.5) is 5.69 Å². The number of methoxy groups -OCH3 is 2. The molecule has 0 amide bonds. The Morgan fingerprint density at radius 1 is 1.17 bits per heavy atom. The number of aromatic nitrogens is 2. The molecule has 1 fully saturated rings. The number of piperazine rings is 1. The predicted molar refractivity (Wildman–Crippen MR) is 117 cm³/mol. The van der Waals surface area contributed by atoms with Gasteiger partial charge >= 0.3 is 0 Å². The summed E-state index contributed by atoms with van der Waals surface area (Å²) < 4.78 is 37.1. The van der Waals surface area contributed by atoms with Crippen LogP contribution in [0.5, 0.6) is 5.75 Å². The van der Waals surface area contributed by atoms with Crippen LogP contribution in [0.3, 0.4) is 0 Å². The van der Waals surface area contributed by atoms with Gasteiger partial charge in [0, 0.05) is 51.6 Å². The average Bonchev–Trinajstić information content (AvgIpc) is 3.17. The zero-order valence-corrected chi connectivity index (χ0v) is 19.1. The van der Waals surface area contributed by atoms with Crippen molar-refractivity contribution >= 4 is 15.5 Å². The van der Waals surface area contributed by atoms with E-state index >= 15 is 0 Å². The summed E-state index contributed by atoms with van der Waals surface area (Å²) in [5, 5.41) is 0.140. The van der Waals surface area contributed by atoms with Crippen LogP contribution in [-0.2, 0) is 27.7 Å². The highest BCUT2D eigenvalue weighted by Gasteiger charge is 2.27. The van der Waals surface area contributed by atoms with Crippen LogP contribution in [-0.4, -0.2) is 75.1 Å². The fourth-order valence-corrected chi connectivity index (χ4v) is 4.80. The third-order valence-corrected chi connectivity index (χ3v) is 7.29. The minimum Gasteiger partial charge on any atom is -0.497 e. The molecule has 0 radical (unpaired) electrons. The van der Waals surface area contributed by atoms with Gasteiger partial charge in [0.2, 0.25) is 15.0 Å². The first kappa shape index (κ1) is 22.6. The lowest BCUT2D eigenvalue weighted by atomic mass is 10.1. The Bertz CT molecular complexity index is 927. The van der Waals surface area contributed by atoms with Gasteiger partial charge in [-0.3, -0.25) is 4.90 Å². The largest absolute Gasteiger partial charge is 0.497 e. The van der Waals surface area contributed by atoms with Gasteiger partial charge in [-0.1, -0.05) is 6.92 Å². The standard InChI is InChI=1S/C21H32N4O4S/c1-5-30(26,27)21-22-14-19(25(21)12-13-28-3)16-23-10-11-24(15-17(23)2)18-6-8-20(29-4)9-7-18/h6-9,14,17H,5,10-13,15-16H2,1-4H3/t17-/m0/s1. The van der Waals surface area contributed by atoms with Crippen molar-refractivity contribution in [3.63, 3.8) is 0 Å².